The van der Waals surface area contributed by atoms with Crippen molar-refractivity contribution in [2.75, 3.05) is 23.3 Å². The van der Waals surface area contributed by atoms with E-state index in [0.717, 1.165) is 48.7 Å². The minimum Gasteiger partial charge on any atom is -0.341 e. The maximum Gasteiger partial charge on any atom is 0.227 e. The van der Waals surface area contributed by atoms with Crippen LogP contribution < -0.4 is 10.2 Å². The second kappa shape index (κ2) is 6.99. The Hall–Kier alpha value is -2.43. The van der Waals surface area contributed by atoms with Crippen LogP contribution in [0.15, 0.2) is 30.6 Å². The van der Waals surface area contributed by atoms with Crippen LogP contribution in [0, 0.1) is 26.7 Å². The van der Waals surface area contributed by atoms with E-state index < -0.39 is 0 Å². The highest BCUT2D eigenvalue weighted by Crippen LogP contribution is 2.25. The van der Waals surface area contributed by atoms with E-state index >= 15 is 0 Å². The van der Waals surface area contributed by atoms with Gasteiger partial charge in [0, 0.05) is 37.1 Å². The Morgan fingerprint density at radius 1 is 1.08 bits per heavy atom. The summed E-state index contributed by atoms with van der Waals surface area (Å²) < 4.78 is 0. The van der Waals surface area contributed by atoms with Crippen molar-refractivity contribution in [2.45, 2.75) is 33.6 Å². The van der Waals surface area contributed by atoms with E-state index in [1.807, 2.05) is 19.9 Å². The molecule has 1 N–H and O–H groups in total. The first-order chi connectivity index (χ1) is 11.5. The van der Waals surface area contributed by atoms with Crippen LogP contribution in [0.5, 0.6) is 0 Å². The van der Waals surface area contributed by atoms with Gasteiger partial charge < -0.3 is 10.2 Å². The fourth-order valence-electron chi connectivity index (χ4n) is 3.40. The molecule has 1 aliphatic rings. The monoisotopic (exact) mass is 324 g/mol. The first-order valence-corrected chi connectivity index (χ1v) is 8.45. The third-order valence-electron chi connectivity index (χ3n) is 4.63. The Kier molecular flexibility index (Phi) is 4.79. The lowest BCUT2D eigenvalue weighted by Crippen LogP contribution is -2.39. The molecule has 0 spiro atoms. The van der Waals surface area contributed by atoms with Crippen LogP contribution in [-0.4, -0.2) is 29.0 Å². The van der Waals surface area contributed by atoms with Crippen molar-refractivity contribution in [1.82, 2.24) is 9.97 Å². The van der Waals surface area contributed by atoms with Gasteiger partial charge in [0.15, 0.2) is 0 Å². The molecule has 126 valence electrons. The topological polar surface area (TPSA) is 58.1 Å². The van der Waals surface area contributed by atoms with E-state index in [-0.39, 0.29) is 11.8 Å². The van der Waals surface area contributed by atoms with Gasteiger partial charge in [-0.25, -0.2) is 9.97 Å². The molecule has 1 aromatic carbocycles. The van der Waals surface area contributed by atoms with E-state index in [9.17, 15) is 4.79 Å². The van der Waals surface area contributed by atoms with Crippen LogP contribution in [0.3, 0.4) is 0 Å². The van der Waals surface area contributed by atoms with Crippen molar-refractivity contribution in [2.24, 2.45) is 5.92 Å². The molecular formula is C19H24N4O. The van der Waals surface area contributed by atoms with Gasteiger partial charge in [0.1, 0.15) is 0 Å². The highest BCUT2D eigenvalue weighted by Gasteiger charge is 2.26. The molecule has 2 aromatic rings. The summed E-state index contributed by atoms with van der Waals surface area (Å²) in [6.45, 7) is 7.80. The predicted molar refractivity (Wildman–Crippen MR) is 96.3 cm³/mol. The summed E-state index contributed by atoms with van der Waals surface area (Å²) in [4.78, 5) is 23.4. The normalized spacial score (nSPS) is 15.4. The van der Waals surface area contributed by atoms with Gasteiger partial charge in [-0.1, -0.05) is 17.7 Å². The standard InChI is InChI=1S/C19H24N4O/c1-13-11-14(2)17(15(3)12-13)22-18(24)16-5-9-23(10-6-16)19-20-7-4-8-21-19/h4,7-8,11-12,16H,5-6,9-10H2,1-3H3,(H,22,24). The molecule has 0 atom stereocenters. The van der Waals surface area contributed by atoms with Gasteiger partial charge in [0.25, 0.3) is 0 Å². The summed E-state index contributed by atoms with van der Waals surface area (Å²) in [6.07, 6.45) is 5.16. The van der Waals surface area contributed by atoms with Crippen molar-refractivity contribution in [3.05, 3.63) is 47.3 Å². The summed E-state index contributed by atoms with van der Waals surface area (Å²) in [7, 11) is 0. The van der Waals surface area contributed by atoms with E-state index in [1.54, 1.807) is 12.4 Å². The first kappa shape index (κ1) is 16.4. The third-order valence-corrected chi connectivity index (χ3v) is 4.63. The molecule has 1 aromatic heterocycles. The number of amides is 1. The lowest BCUT2D eigenvalue weighted by atomic mass is 9.95. The Labute approximate surface area is 143 Å². The van der Waals surface area contributed by atoms with Crippen molar-refractivity contribution in [3.8, 4) is 0 Å². The summed E-state index contributed by atoms with van der Waals surface area (Å²) in [5.74, 6) is 0.922. The number of benzene rings is 1. The summed E-state index contributed by atoms with van der Waals surface area (Å²) in [5.41, 5.74) is 4.42. The lowest BCUT2D eigenvalue weighted by Gasteiger charge is -2.31. The molecule has 24 heavy (non-hydrogen) atoms. The summed E-state index contributed by atoms with van der Waals surface area (Å²) in [5, 5.41) is 3.14. The lowest BCUT2D eigenvalue weighted by molar-refractivity contribution is -0.120. The fraction of sp³-hybridized carbons (Fsp3) is 0.421. The number of piperidine rings is 1. The van der Waals surface area contributed by atoms with Gasteiger partial charge in [0.05, 0.1) is 0 Å². The molecule has 1 amide bonds. The zero-order valence-corrected chi connectivity index (χ0v) is 14.5. The molecule has 0 aliphatic carbocycles. The van der Waals surface area contributed by atoms with E-state index in [2.05, 4.69) is 39.2 Å². The number of anilines is 2. The smallest absolute Gasteiger partial charge is 0.227 e. The van der Waals surface area contributed by atoms with Crippen LogP contribution >= 0.6 is 0 Å². The van der Waals surface area contributed by atoms with Crippen LogP contribution in [0.1, 0.15) is 29.5 Å². The molecule has 1 saturated heterocycles. The molecule has 0 unspecified atom stereocenters. The molecule has 0 saturated carbocycles. The molecule has 3 rings (SSSR count). The van der Waals surface area contributed by atoms with E-state index in [1.165, 1.54) is 5.56 Å². The third kappa shape index (κ3) is 3.55. The average molecular weight is 324 g/mol. The van der Waals surface area contributed by atoms with Gasteiger partial charge in [-0.05, 0) is 50.8 Å². The molecule has 1 aliphatic heterocycles. The largest absolute Gasteiger partial charge is 0.341 e. The van der Waals surface area contributed by atoms with Crippen molar-refractivity contribution in [3.63, 3.8) is 0 Å². The van der Waals surface area contributed by atoms with Crippen LogP contribution in [0.2, 0.25) is 0 Å². The Morgan fingerprint density at radius 2 is 1.67 bits per heavy atom. The highest BCUT2D eigenvalue weighted by atomic mass is 16.1. The highest BCUT2D eigenvalue weighted by molar-refractivity contribution is 5.94. The number of aromatic nitrogens is 2. The number of aryl methyl sites for hydroxylation is 3. The van der Waals surface area contributed by atoms with Gasteiger partial charge in [0.2, 0.25) is 11.9 Å². The second-order valence-electron chi connectivity index (χ2n) is 6.57. The SMILES string of the molecule is Cc1cc(C)c(NC(=O)C2CCN(c3ncccn3)CC2)c(C)c1. The number of nitrogens with one attached hydrogen (secondary N) is 1. The zero-order valence-electron chi connectivity index (χ0n) is 14.5. The molecule has 2 heterocycles. The second-order valence-corrected chi connectivity index (χ2v) is 6.57. The van der Waals surface area contributed by atoms with Gasteiger partial charge >= 0.3 is 0 Å². The van der Waals surface area contributed by atoms with Crippen LogP contribution in [0.4, 0.5) is 11.6 Å². The van der Waals surface area contributed by atoms with Crippen molar-refractivity contribution < 1.29 is 4.79 Å². The van der Waals surface area contributed by atoms with Crippen molar-refractivity contribution >= 4 is 17.5 Å². The van der Waals surface area contributed by atoms with Crippen LogP contribution in [0.25, 0.3) is 0 Å². The fourth-order valence-corrected chi connectivity index (χ4v) is 3.40. The predicted octanol–water partition coefficient (Wildman–Crippen LogP) is 3.26. The molecule has 1 fully saturated rings. The first-order valence-electron chi connectivity index (χ1n) is 8.45. The minimum atomic E-state index is 0.0464. The number of hydrogen-bond donors (Lipinski definition) is 1. The number of nitrogens with zero attached hydrogens (tertiary/aromatic N) is 3. The van der Waals surface area contributed by atoms with Crippen LogP contribution in [-0.2, 0) is 4.79 Å². The van der Waals surface area contributed by atoms with Gasteiger partial charge in [-0.2, -0.15) is 0 Å². The average Bonchev–Trinajstić information content (AvgIpc) is 2.59. The Bertz CT molecular complexity index is 698. The quantitative estimate of drug-likeness (QED) is 0.941. The minimum absolute atomic E-state index is 0.0464. The molecule has 5 nitrogen and oxygen atoms in total. The van der Waals surface area contributed by atoms with Gasteiger partial charge in [-0.15, -0.1) is 0 Å². The van der Waals surface area contributed by atoms with Crippen molar-refractivity contribution in [1.29, 1.82) is 0 Å². The maximum absolute atomic E-state index is 12.6. The molecular weight excluding hydrogens is 300 g/mol. The molecule has 5 heteroatoms. The Balaban J connectivity index is 1.62. The Morgan fingerprint density at radius 3 is 2.25 bits per heavy atom. The zero-order chi connectivity index (χ0) is 17.1. The number of carbonyl (C=O) groups excluding carboxylic acids is 1. The number of hydrogen-bond acceptors (Lipinski definition) is 4. The number of carbonyl (C=O) groups is 1. The van der Waals surface area contributed by atoms with Gasteiger partial charge in [-0.3, -0.25) is 4.79 Å². The molecule has 0 bridgehead atoms. The van der Waals surface area contributed by atoms with E-state index in [0.29, 0.717) is 0 Å². The molecule has 0 radical (unpaired) electrons. The maximum atomic E-state index is 12.6. The summed E-state index contributed by atoms with van der Waals surface area (Å²) >= 11 is 0. The number of rotatable bonds is 3. The van der Waals surface area contributed by atoms with E-state index in [4.69, 9.17) is 0 Å². The summed E-state index contributed by atoms with van der Waals surface area (Å²) in [6, 6.07) is 6.03.